The van der Waals surface area contributed by atoms with Crippen molar-refractivity contribution in [2.45, 2.75) is 117 Å². The molecule has 0 saturated carbocycles. The van der Waals surface area contributed by atoms with Gasteiger partial charge < -0.3 is 0 Å². The maximum atomic E-state index is 8.33. The van der Waals surface area contributed by atoms with Crippen molar-refractivity contribution in [3.05, 3.63) is 204 Å². The number of hydrogen-bond donors (Lipinski definition) is 0. The Bertz CT molecular complexity index is 2530. The number of para-hydroxylation sites is 2. The van der Waals surface area contributed by atoms with Gasteiger partial charge in [-0.2, -0.15) is 0 Å². The van der Waals surface area contributed by atoms with E-state index in [2.05, 4.69) is 292 Å². The second kappa shape index (κ2) is 15.2. The molecule has 2 fully saturated rings. The van der Waals surface area contributed by atoms with Gasteiger partial charge in [0.2, 0.25) is 0 Å². The zero-order valence-corrected chi connectivity index (χ0v) is 44.4. The van der Waals surface area contributed by atoms with Crippen LogP contribution in [0.15, 0.2) is 182 Å². The summed E-state index contributed by atoms with van der Waals surface area (Å²) in [6, 6.07) is 64.5. The van der Waals surface area contributed by atoms with Crippen molar-refractivity contribution in [1.29, 1.82) is 0 Å². The Morgan fingerprint density at radius 2 is 0.606 bits per heavy atom. The fraction of sp³-hybridized carbons (Fsp3) is 0.321. The summed E-state index contributed by atoms with van der Waals surface area (Å²) >= 11 is 16.7. The third-order valence-corrected chi connectivity index (χ3v) is 30.3. The van der Waals surface area contributed by atoms with Gasteiger partial charge >= 0.3 is 407 Å². The topological polar surface area (TPSA) is 18.5 Å². The summed E-state index contributed by atoms with van der Waals surface area (Å²) in [7, 11) is -7.29. The second-order valence-corrected chi connectivity index (χ2v) is 34.9. The summed E-state index contributed by atoms with van der Waals surface area (Å²) in [6.45, 7) is 27.5. The number of anilines is 2. The molecule has 0 N–H and O–H groups in total. The molecular formula is C56H68Cl2N6Si2. The first-order valence-electron chi connectivity index (χ1n) is 23.6. The molecule has 66 heavy (non-hydrogen) atoms. The molecule has 0 aliphatic carbocycles. The Morgan fingerprint density at radius 3 is 0.848 bits per heavy atom. The molecule has 0 bridgehead atoms. The van der Waals surface area contributed by atoms with Crippen molar-refractivity contribution < 1.29 is 8.48 Å². The molecule has 0 amide bonds. The average Bonchev–Trinajstić information content (AvgIpc) is 4.09. The monoisotopic (exact) mass is 950 g/mol. The molecule has 4 aliphatic heterocycles. The molecule has 0 radical (unpaired) electrons. The number of hydrogen-bond acceptors (Lipinski definition) is 4. The van der Waals surface area contributed by atoms with Crippen LogP contribution in [0.4, 0.5) is 11.4 Å². The Kier molecular flexibility index (Phi) is 10.6. The molecule has 2 spiro atoms. The number of benzene rings is 6. The molecule has 6 aromatic carbocycles. The van der Waals surface area contributed by atoms with Gasteiger partial charge in [-0.1, -0.05) is 0 Å². The van der Waals surface area contributed by atoms with Crippen LogP contribution in [0.3, 0.4) is 0 Å². The van der Waals surface area contributed by atoms with Crippen LogP contribution in [-0.2, 0) is 0 Å². The van der Waals surface area contributed by atoms with Gasteiger partial charge in [-0.05, 0) is 0 Å². The van der Waals surface area contributed by atoms with Crippen LogP contribution in [0.5, 0.6) is 0 Å². The molecule has 2 atom stereocenters. The van der Waals surface area contributed by atoms with Crippen molar-refractivity contribution in [1.82, 2.24) is 9.13 Å². The van der Waals surface area contributed by atoms with Gasteiger partial charge in [0.05, 0.1) is 0 Å². The maximum absolute atomic E-state index is 8.33. The predicted molar refractivity (Wildman–Crippen MR) is 284 cm³/mol. The molecule has 10 heteroatoms. The van der Waals surface area contributed by atoms with Crippen molar-refractivity contribution >= 4 is 59.5 Å². The fourth-order valence-corrected chi connectivity index (χ4v) is 34.2. The van der Waals surface area contributed by atoms with E-state index >= 15 is 0 Å². The Hall–Kier alpha value is -5.13. The first kappa shape index (κ1) is 46.0. The summed E-state index contributed by atoms with van der Waals surface area (Å²) < 4.78 is 15.5. The number of halogens is 2. The Balaban J connectivity index is 0.000000166. The summed E-state index contributed by atoms with van der Waals surface area (Å²) in [6.07, 6.45) is 0. The van der Waals surface area contributed by atoms with E-state index in [0.29, 0.717) is 0 Å². The van der Waals surface area contributed by atoms with Gasteiger partial charge in [-0.3, -0.25) is 0 Å². The molecule has 2 saturated heterocycles. The number of amidine groups is 2. The van der Waals surface area contributed by atoms with Crippen molar-refractivity contribution in [3.63, 3.8) is 0 Å². The molecule has 4 heterocycles. The predicted octanol–water partition coefficient (Wildman–Crippen LogP) is 13.6. The van der Waals surface area contributed by atoms with Crippen LogP contribution in [0.1, 0.15) is 117 Å². The molecular weight excluding hydrogens is 884 g/mol. The quantitative estimate of drug-likeness (QED) is 0.0940. The summed E-state index contributed by atoms with van der Waals surface area (Å²) in [5, 5.41) is 0. The van der Waals surface area contributed by atoms with E-state index in [1.807, 2.05) is 0 Å². The number of rotatable bonds is 6. The molecule has 6 nitrogen and oxygen atoms in total. The van der Waals surface area contributed by atoms with Crippen molar-refractivity contribution in [2.75, 3.05) is 9.13 Å². The van der Waals surface area contributed by atoms with Crippen molar-refractivity contribution in [2.24, 2.45) is 0 Å². The third-order valence-electron chi connectivity index (χ3n) is 13.8. The summed E-state index contributed by atoms with van der Waals surface area (Å²) in [4.78, 5) is 0. The number of nitrogens with zero attached hydrogens (tertiary/aromatic N) is 6. The van der Waals surface area contributed by atoms with Crippen LogP contribution >= 0.6 is 22.2 Å². The van der Waals surface area contributed by atoms with Gasteiger partial charge in [0, 0.05) is 0 Å². The van der Waals surface area contributed by atoms with Gasteiger partial charge in [-0.15, -0.1) is 0 Å². The normalized spacial score (nSPS) is 22.5. The van der Waals surface area contributed by atoms with Gasteiger partial charge in [0.15, 0.2) is 0 Å². The molecule has 0 aromatic heterocycles. The molecule has 344 valence electrons. The summed E-state index contributed by atoms with van der Waals surface area (Å²) in [5.74, 6) is 2.47. The zero-order valence-electron chi connectivity index (χ0n) is 40.9. The van der Waals surface area contributed by atoms with Crippen LogP contribution in [0.25, 0.3) is 0 Å². The van der Waals surface area contributed by atoms with Crippen LogP contribution in [0, 0.1) is 0 Å². The molecule has 10 rings (SSSR count). The second-order valence-electron chi connectivity index (χ2n) is 22.5. The third kappa shape index (κ3) is 6.45. The molecule has 0 unspecified atom stereocenters. The molecule has 6 aromatic rings. The molecule has 4 aliphatic rings. The van der Waals surface area contributed by atoms with E-state index in [0.717, 1.165) is 0 Å². The van der Waals surface area contributed by atoms with Crippen LogP contribution in [-0.4, -0.2) is 65.7 Å². The first-order valence-corrected chi connectivity index (χ1v) is 30.5. The van der Waals surface area contributed by atoms with Crippen molar-refractivity contribution in [3.8, 4) is 0 Å². The SMILES string of the molecule is CC(C)(C)N1C(c2ccccc2)=[N+](C(C)(C)C)[Si-]12(Cl)[C@@H](c1ccccc1)N2c1ccccc1.CC(C)(C)N1C(c2ccccc2)=[N+](C(C)(C)C)[Si-]12(Cl)[C@H](c1ccccc1)N2c1ccccc1. The first-order chi connectivity index (χ1) is 31.0. The van der Waals surface area contributed by atoms with Crippen LogP contribution < -0.4 is 9.13 Å². The minimum atomic E-state index is -3.64. The fourth-order valence-electron chi connectivity index (χ4n) is 12.2. The van der Waals surface area contributed by atoms with Gasteiger partial charge in [-0.25, -0.2) is 0 Å². The van der Waals surface area contributed by atoms with E-state index in [1.165, 1.54) is 45.3 Å². The van der Waals surface area contributed by atoms with Gasteiger partial charge in [0.25, 0.3) is 0 Å². The minimum absolute atomic E-state index is 0.112. The van der Waals surface area contributed by atoms with Crippen LogP contribution in [0.2, 0.25) is 0 Å². The Labute approximate surface area is 404 Å². The van der Waals surface area contributed by atoms with E-state index in [-0.39, 0.29) is 33.5 Å². The van der Waals surface area contributed by atoms with E-state index in [9.17, 15) is 0 Å². The zero-order chi connectivity index (χ0) is 47.3. The Morgan fingerprint density at radius 1 is 0.364 bits per heavy atom. The van der Waals surface area contributed by atoms with E-state index in [4.69, 9.17) is 22.2 Å². The van der Waals surface area contributed by atoms with E-state index < -0.39 is 14.3 Å². The van der Waals surface area contributed by atoms with E-state index in [1.54, 1.807) is 0 Å². The average molecular weight is 952 g/mol. The summed E-state index contributed by atoms with van der Waals surface area (Å²) in [5.41, 5.74) is 6.97. The standard InChI is InChI=1S/2C28H34ClN3Si/c2*1-27(2,3)31-25(22-16-10-7-11-17-22)32(28(4,5)6)33(31,29)26(23-18-12-8-13-19-23)30(33)24-20-14-9-15-21-24/h2*7-21,26H,1-6H3/t2*26-,30?/m10/s1. The van der Waals surface area contributed by atoms with Gasteiger partial charge in [0.1, 0.15) is 0 Å².